The first-order chi connectivity index (χ1) is 6.93. The molecule has 0 aliphatic rings. The van der Waals surface area contributed by atoms with Crippen molar-refractivity contribution in [1.82, 2.24) is 0 Å². The summed E-state index contributed by atoms with van der Waals surface area (Å²) in [6.45, 7) is 0. The number of rotatable bonds is 0. The molecule has 0 aliphatic heterocycles. The predicted molar refractivity (Wildman–Crippen MR) is 60.3 cm³/mol. The smallest absolute Gasteiger partial charge is 0 e. The van der Waals surface area contributed by atoms with Gasteiger partial charge in [-0.3, -0.25) is 0 Å². The van der Waals surface area contributed by atoms with E-state index in [0.717, 1.165) is 0 Å². The average molecular weight is 266 g/mol. The van der Waals surface area contributed by atoms with Crippen molar-refractivity contribution in [3.8, 4) is 0 Å². The molecule has 1 radical (unpaired) electrons. The summed E-state index contributed by atoms with van der Waals surface area (Å²) in [7, 11) is 0. The van der Waals surface area contributed by atoms with Gasteiger partial charge in [0.1, 0.15) is 0 Å². The van der Waals surface area contributed by atoms with E-state index >= 15 is 0 Å². The van der Waals surface area contributed by atoms with Gasteiger partial charge < -0.3 is 0 Å². The second-order valence-electron chi connectivity index (χ2n) is 3.46. The molecular weight excluding hydrogens is 257 g/mol. The molecule has 0 unspecified atom stereocenters. The molecule has 0 nitrogen and oxygen atoms in total. The summed E-state index contributed by atoms with van der Waals surface area (Å²) in [6, 6.07) is 22.2. The number of hydrogen-bond acceptors (Lipinski definition) is 0. The fraction of sp³-hybridized carbons (Fsp3) is 0. The second-order valence-corrected chi connectivity index (χ2v) is 3.46. The fourth-order valence-electron chi connectivity index (χ4n) is 1.81. The zero-order valence-electron chi connectivity index (χ0n) is 8.27. The maximum absolute atomic E-state index is 3.24. The van der Waals surface area contributed by atoms with Crippen LogP contribution in [0.1, 0.15) is 0 Å². The van der Waals surface area contributed by atoms with Gasteiger partial charge in [0.2, 0.25) is 0 Å². The zero-order valence-corrected chi connectivity index (χ0v) is 11.1. The molecule has 0 N–H and O–H groups in total. The van der Waals surface area contributed by atoms with Gasteiger partial charge in [-0.1, -0.05) is 35.7 Å². The summed E-state index contributed by atoms with van der Waals surface area (Å²) in [5.41, 5.74) is 0. The molecule has 69 valence electrons. The van der Waals surface area contributed by atoms with Crippen molar-refractivity contribution in [2.24, 2.45) is 0 Å². The van der Waals surface area contributed by atoms with Gasteiger partial charge in [-0.05, 0) is 5.39 Å². The van der Waals surface area contributed by atoms with Gasteiger partial charge in [0.15, 0.2) is 0 Å². The Balaban J connectivity index is 0.000000853. The average Bonchev–Trinajstić information content (AvgIpc) is 2.26. The van der Waals surface area contributed by atoms with Crippen LogP contribution in [0.3, 0.4) is 0 Å². The molecule has 0 saturated carbocycles. The molecule has 0 heterocycles. The Labute approximate surface area is 114 Å². The van der Waals surface area contributed by atoms with Crippen LogP contribution in [-0.4, -0.2) is 0 Å². The molecule has 0 fully saturated rings. The first-order valence-electron chi connectivity index (χ1n) is 4.73. The minimum absolute atomic E-state index is 0. The monoisotopic (exact) mass is 266 g/mol. The molecule has 0 amide bonds. The fourth-order valence-corrected chi connectivity index (χ4v) is 1.81. The van der Waals surface area contributed by atoms with Crippen molar-refractivity contribution < 1.29 is 32.7 Å². The van der Waals surface area contributed by atoms with Crippen molar-refractivity contribution in [2.45, 2.75) is 0 Å². The van der Waals surface area contributed by atoms with Gasteiger partial charge in [-0.2, -0.15) is 0 Å². The third kappa shape index (κ3) is 1.97. The largest absolute Gasteiger partial charge is 0.147 e. The molecule has 15 heavy (non-hydrogen) atoms. The van der Waals surface area contributed by atoms with Gasteiger partial charge in [0.25, 0.3) is 0 Å². The van der Waals surface area contributed by atoms with Crippen LogP contribution in [0.15, 0.2) is 54.6 Å². The molecule has 3 rings (SSSR count). The van der Waals surface area contributed by atoms with E-state index in [1.54, 1.807) is 0 Å². The van der Waals surface area contributed by atoms with Crippen molar-refractivity contribution in [3.05, 3.63) is 60.7 Å². The van der Waals surface area contributed by atoms with Crippen LogP contribution in [0.25, 0.3) is 21.5 Å². The van der Waals surface area contributed by atoms with E-state index < -0.39 is 0 Å². The van der Waals surface area contributed by atoms with Crippen molar-refractivity contribution >= 4 is 21.5 Å². The van der Waals surface area contributed by atoms with E-state index in [2.05, 4.69) is 48.5 Å². The summed E-state index contributed by atoms with van der Waals surface area (Å²) in [5, 5.41) is 5.01. The van der Waals surface area contributed by atoms with E-state index in [1.165, 1.54) is 21.5 Å². The van der Waals surface area contributed by atoms with Crippen LogP contribution in [0.2, 0.25) is 0 Å². The minimum Gasteiger partial charge on any atom is -0.147 e. The quantitative estimate of drug-likeness (QED) is 0.429. The minimum atomic E-state index is 0. The van der Waals surface area contributed by atoms with Crippen LogP contribution in [0, 0.1) is 6.07 Å². The summed E-state index contributed by atoms with van der Waals surface area (Å²) >= 11 is 0. The molecule has 0 bridgehead atoms. The van der Waals surface area contributed by atoms with E-state index in [-0.39, 0.29) is 32.7 Å². The molecule has 3 aromatic carbocycles. The van der Waals surface area contributed by atoms with Gasteiger partial charge in [-0.25, -0.2) is 0 Å². The predicted octanol–water partition coefficient (Wildman–Crippen LogP) is 3.79. The van der Waals surface area contributed by atoms with E-state index in [4.69, 9.17) is 0 Å². The zero-order chi connectivity index (χ0) is 9.38. The standard InChI is InChI=1S/C14H9.Y/c1-2-6-12-10-14-8-4-3-7-13(14)9-11(12)5-1;/h1-7,9-10H;/q-1;. The van der Waals surface area contributed by atoms with Crippen molar-refractivity contribution in [2.75, 3.05) is 0 Å². The van der Waals surface area contributed by atoms with Crippen LogP contribution in [-0.2, 0) is 32.7 Å². The van der Waals surface area contributed by atoms with Crippen LogP contribution in [0.4, 0.5) is 0 Å². The summed E-state index contributed by atoms with van der Waals surface area (Å²) in [5.74, 6) is 0. The summed E-state index contributed by atoms with van der Waals surface area (Å²) in [4.78, 5) is 0. The van der Waals surface area contributed by atoms with Gasteiger partial charge in [0, 0.05) is 32.7 Å². The third-order valence-corrected chi connectivity index (χ3v) is 2.53. The maximum atomic E-state index is 3.24. The molecular formula is C14H9Y-. The SMILES string of the molecule is [Y].[c-]1cccc2cc3ccccc3cc12. The Kier molecular flexibility index (Phi) is 3.18. The molecule has 0 spiro atoms. The first-order valence-corrected chi connectivity index (χ1v) is 4.73. The van der Waals surface area contributed by atoms with Gasteiger partial charge in [-0.15, -0.1) is 41.1 Å². The van der Waals surface area contributed by atoms with E-state index in [1.807, 2.05) is 12.1 Å². The number of hydrogen-bond donors (Lipinski definition) is 0. The Bertz CT molecular complexity index is 494. The third-order valence-electron chi connectivity index (χ3n) is 2.53. The molecule has 0 saturated heterocycles. The Morgan fingerprint density at radius 2 is 1.40 bits per heavy atom. The van der Waals surface area contributed by atoms with Crippen LogP contribution < -0.4 is 0 Å². The van der Waals surface area contributed by atoms with Crippen molar-refractivity contribution in [1.29, 1.82) is 0 Å². The Morgan fingerprint density at radius 1 is 0.733 bits per heavy atom. The molecule has 3 aromatic rings. The van der Waals surface area contributed by atoms with E-state index in [0.29, 0.717) is 0 Å². The molecule has 0 aromatic heterocycles. The normalized spacial score (nSPS) is 10.1. The number of fused-ring (bicyclic) bond motifs is 2. The Hall–Kier alpha value is -0.716. The molecule has 1 heteroatoms. The van der Waals surface area contributed by atoms with Gasteiger partial charge in [0.05, 0.1) is 0 Å². The van der Waals surface area contributed by atoms with E-state index in [9.17, 15) is 0 Å². The maximum Gasteiger partial charge on any atom is 0 e. The van der Waals surface area contributed by atoms with Crippen LogP contribution >= 0.6 is 0 Å². The summed E-state index contributed by atoms with van der Waals surface area (Å²) < 4.78 is 0. The summed E-state index contributed by atoms with van der Waals surface area (Å²) in [6.07, 6.45) is 0. The van der Waals surface area contributed by atoms with Crippen LogP contribution in [0.5, 0.6) is 0 Å². The van der Waals surface area contributed by atoms with Gasteiger partial charge >= 0.3 is 0 Å². The second kappa shape index (κ2) is 4.42. The topological polar surface area (TPSA) is 0 Å². The first kappa shape index (κ1) is 10.8. The molecule has 0 aliphatic carbocycles. The van der Waals surface area contributed by atoms with Crippen molar-refractivity contribution in [3.63, 3.8) is 0 Å². The number of benzene rings is 3. The molecule has 0 atom stereocenters. The Morgan fingerprint density at radius 3 is 2.20 bits per heavy atom.